The first-order chi connectivity index (χ1) is 47.6. The van der Waals surface area contributed by atoms with Gasteiger partial charge in [0.25, 0.3) is 0 Å². The van der Waals surface area contributed by atoms with Crippen molar-refractivity contribution >= 4 is 5.91 Å². The fourth-order valence-corrected chi connectivity index (χ4v) is 11.7. The highest BCUT2D eigenvalue weighted by molar-refractivity contribution is 5.76. The molecule has 2 aliphatic rings. The highest BCUT2D eigenvalue weighted by Crippen LogP contribution is 2.30. The number of aliphatic hydroxyl groups is 8. The third kappa shape index (κ3) is 48.4. The zero-order chi connectivity index (χ0) is 70.1. The topological polar surface area (TPSA) is 228 Å². The van der Waals surface area contributed by atoms with Gasteiger partial charge in [0.1, 0.15) is 48.8 Å². The Morgan fingerprint density at radius 3 is 1.09 bits per heavy atom. The summed E-state index contributed by atoms with van der Waals surface area (Å²) in [5.41, 5.74) is 0. The van der Waals surface area contributed by atoms with Crippen LogP contribution in [-0.4, -0.2) is 140 Å². The SMILES string of the molecule is CC/C=C\C/C=C\C/C=C\C/C=C\C/C=C\C/C=C\C/C=C\C/C=C\C/C=C\C/C=C\C/C=C\C/C=C\CCCCCCC(=O)NC(COC1OC(CO)C(OC2OC(CO)C(O)C(O)C2O)C(O)C1O)C(O)CCCCCCCCCCCCCCCCCCCCCCCC. The summed E-state index contributed by atoms with van der Waals surface area (Å²) in [7, 11) is 0. The van der Waals surface area contributed by atoms with Gasteiger partial charge >= 0.3 is 0 Å². The summed E-state index contributed by atoms with van der Waals surface area (Å²) >= 11 is 0. The molecule has 0 radical (unpaired) electrons. The molecule has 97 heavy (non-hydrogen) atoms. The van der Waals surface area contributed by atoms with Crippen molar-refractivity contribution < 1.29 is 64.6 Å². The Balaban J connectivity index is 1.65. The van der Waals surface area contributed by atoms with Crippen molar-refractivity contribution in [1.29, 1.82) is 0 Å². The molecule has 0 aromatic heterocycles. The summed E-state index contributed by atoms with van der Waals surface area (Å²) in [6.45, 7) is 2.75. The van der Waals surface area contributed by atoms with E-state index in [4.69, 9.17) is 18.9 Å². The van der Waals surface area contributed by atoms with E-state index in [0.29, 0.717) is 12.8 Å². The van der Waals surface area contributed by atoms with E-state index in [1.807, 2.05) is 0 Å². The summed E-state index contributed by atoms with van der Waals surface area (Å²) < 4.78 is 22.9. The van der Waals surface area contributed by atoms with Gasteiger partial charge in [-0.25, -0.2) is 0 Å². The number of unbranched alkanes of at least 4 members (excludes halogenated alkanes) is 25. The van der Waals surface area contributed by atoms with Gasteiger partial charge in [-0.15, -0.1) is 0 Å². The van der Waals surface area contributed by atoms with Crippen molar-refractivity contribution in [2.45, 2.75) is 351 Å². The molecule has 14 heteroatoms. The number of carbonyl (C=O) groups is 1. The van der Waals surface area contributed by atoms with Gasteiger partial charge in [-0.1, -0.05) is 314 Å². The second kappa shape index (κ2) is 65.2. The maximum Gasteiger partial charge on any atom is 0.220 e. The number of hydrogen-bond donors (Lipinski definition) is 9. The van der Waals surface area contributed by atoms with Gasteiger partial charge in [-0.3, -0.25) is 4.79 Å². The van der Waals surface area contributed by atoms with Gasteiger partial charge in [0, 0.05) is 6.42 Å². The molecule has 12 unspecified atom stereocenters. The van der Waals surface area contributed by atoms with E-state index >= 15 is 0 Å². The van der Waals surface area contributed by atoms with Gasteiger partial charge in [-0.2, -0.15) is 0 Å². The van der Waals surface area contributed by atoms with E-state index in [0.717, 1.165) is 128 Å². The molecule has 2 rings (SSSR count). The Labute approximate surface area is 589 Å². The molecule has 0 bridgehead atoms. The largest absolute Gasteiger partial charge is 0.394 e. The summed E-state index contributed by atoms with van der Waals surface area (Å²) in [5, 5.41) is 87.7. The van der Waals surface area contributed by atoms with Crippen LogP contribution in [0, 0.1) is 0 Å². The fourth-order valence-electron chi connectivity index (χ4n) is 11.7. The molecule has 0 aromatic carbocycles. The van der Waals surface area contributed by atoms with E-state index in [-0.39, 0.29) is 18.9 Å². The van der Waals surface area contributed by atoms with Crippen molar-refractivity contribution in [3.8, 4) is 0 Å². The molecule has 2 aliphatic heterocycles. The average molecular weight is 1360 g/mol. The van der Waals surface area contributed by atoms with Crippen LogP contribution in [0.4, 0.5) is 0 Å². The Morgan fingerprint density at radius 2 is 0.711 bits per heavy atom. The number of aliphatic hydroxyl groups excluding tert-OH is 8. The van der Waals surface area contributed by atoms with Gasteiger partial charge in [-0.05, 0) is 103 Å². The Morgan fingerprint density at radius 1 is 0.381 bits per heavy atom. The number of ether oxygens (including phenoxy) is 4. The number of rotatable bonds is 62. The Kier molecular flexibility index (Phi) is 59.8. The lowest BCUT2D eigenvalue weighted by molar-refractivity contribution is -0.359. The highest BCUT2D eigenvalue weighted by atomic mass is 16.7. The van der Waals surface area contributed by atoms with Gasteiger partial charge in [0.15, 0.2) is 12.6 Å². The quantitative estimate of drug-likeness (QED) is 0.0204. The molecule has 0 aromatic rings. The van der Waals surface area contributed by atoms with E-state index in [1.165, 1.54) is 116 Å². The minimum Gasteiger partial charge on any atom is -0.394 e. The molecular formula is C83H139NO13. The molecule has 1 amide bonds. The van der Waals surface area contributed by atoms with Crippen LogP contribution in [0.15, 0.2) is 146 Å². The predicted octanol–water partition coefficient (Wildman–Crippen LogP) is 17.2. The first-order valence-electron chi connectivity index (χ1n) is 38.6. The lowest BCUT2D eigenvalue weighted by Gasteiger charge is -2.46. The molecule has 0 spiro atoms. The lowest BCUT2D eigenvalue weighted by atomic mass is 9.97. The van der Waals surface area contributed by atoms with E-state index < -0.39 is 86.8 Å². The van der Waals surface area contributed by atoms with Crippen molar-refractivity contribution in [3.05, 3.63) is 146 Å². The van der Waals surface area contributed by atoms with Crippen molar-refractivity contribution in [2.75, 3.05) is 19.8 Å². The fraction of sp³-hybridized carbons (Fsp3) is 0.699. The molecular weight excluding hydrogens is 1220 g/mol. The maximum absolute atomic E-state index is 13.4. The zero-order valence-electron chi connectivity index (χ0n) is 60.5. The molecule has 2 saturated heterocycles. The lowest BCUT2D eigenvalue weighted by Crippen LogP contribution is -2.65. The van der Waals surface area contributed by atoms with Crippen LogP contribution in [0.5, 0.6) is 0 Å². The zero-order valence-corrected chi connectivity index (χ0v) is 60.5. The molecule has 554 valence electrons. The normalized spacial score (nSPS) is 23.0. The third-order valence-corrected chi connectivity index (χ3v) is 17.8. The smallest absolute Gasteiger partial charge is 0.220 e. The van der Waals surface area contributed by atoms with Crippen molar-refractivity contribution in [2.24, 2.45) is 0 Å². The van der Waals surface area contributed by atoms with Crippen LogP contribution < -0.4 is 5.32 Å². The third-order valence-electron chi connectivity index (χ3n) is 17.8. The molecule has 2 fully saturated rings. The second-order valence-corrected chi connectivity index (χ2v) is 26.4. The summed E-state index contributed by atoms with van der Waals surface area (Å²) in [4.78, 5) is 13.4. The minimum atomic E-state index is -1.79. The number of amides is 1. The second-order valence-electron chi connectivity index (χ2n) is 26.4. The van der Waals surface area contributed by atoms with E-state index in [1.54, 1.807) is 0 Å². The van der Waals surface area contributed by atoms with Gasteiger partial charge < -0.3 is 65.1 Å². The number of allylic oxidation sites excluding steroid dienone is 24. The number of hydrogen-bond acceptors (Lipinski definition) is 13. The van der Waals surface area contributed by atoms with Crippen LogP contribution in [0.1, 0.15) is 277 Å². The highest BCUT2D eigenvalue weighted by Gasteiger charge is 2.51. The molecule has 9 N–H and O–H groups in total. The maximum atomic E-state index is 13.4. The molecule has 0 aliphatic carbocycles. The van der Waals surface area contributed by atoms with Gasteiger partial charge in [0.05, 0.1) is 32.0 Å². The van der Waals surface area contributed by atoms with Crippen LogP contribution >= 0.6 is 0 Å². The average Bonchev–Trinajstić information content (AvgIpc) is 0.794. The van der Waals surface area contributed by atoms with Gasteiger partial charge in [0.2, 0.25) is 5.91 Å². The molecule has 2 heterocycles. The van der Waals surface area contributed by atoms with Crippen molar-refractivity contribution in [1.82, 2.24) is 5.32 Å². The first kappa shape index (κ1) is 89.0. The Bertz CT molecular complexity index is 2190. The van der Waals surface area contributed by atoms with Crippen LogP contribution in [-0.2, 0) is 23.7 Å². The first-order valence-corrected chi connectivity index (χ1v) is 38.6. The van der Waals surface area contributed by atoms with Crippen LogP contribution in [0.2, 0.25) is 0 Å². The molecule has 12 atom stereocenters. The summed E-state index contributed by atoms with van der Waals surface area (Å²) in [6.07, 6.45) is 81.5. The van der Waals surface area contributed by atoms with Crippen LogP contribution in [0.3, 0.4) is 0 Å². The summed E-state index contributed by atoms with van der Waals surface area (Å²) in [6, 6.07) is -0.855. The molecule has 14 nitrogen and oxygen atoms in total. The predicted molar refractivity (Wildman–Crippen MR) is 401 cm³/mol. The summed E-state index contributed by atoms with van der Waals surface area (Å²) in [5.74, 6) is -0.234. The van der Waals surface area contributed by atoms with Crippen molar-refractivity contribution in [3.63, 3.8) is 0 Å². The number of nitrogens with one attached hydrogen (secondary N) is 1. The monoisotopic (exact) mass is 1360 g/mol. The van der Waals surface area contributed by atoms with E-state index in [2.05, 4.69) is 165 Å². The van der Waals surface area contributed by atoms with E-state index in [9.17, 15) is 45.6 Å². The molecule has 0 saturated carbocycles. The standard InChI is InChI=1S/C83H139NO13/c1-3-5-7-9-11-13-15-17-19-21-23-25-27-28-29-30-31-32-33-34-35-36-37-38-39-40-41-42-43-44-45-47-49-51-53-55-57-59-61-63-65-67-75(88)84-71(70-94-82-80(93)78(91)81(74(69-86)96-82)97-83-79(92)77(90)76(89)73(68-85)95-83)72(87)66-64-62-60-58-56-54-52-50-48-46-26-24-22-20-18-16-14-12-10-8-6-4-2/h5,7,11,13,17,19,23,25,28-29,31-32,34-35,37-38,40-41,43-44,47,49,53,55,71-74,76-83,85-87,89-93H,3-4,6,8-10,12,14-16,18,20-22,24,26-27,30,33,36,39,42,45-46,48,50-52,54,56-70H2,1-2H3,(H,84,88)/b7-5-,13-11-,19-17-,25-23-,29-28-,32-31-,35-34-,38-37-,41-40-,44-43-,49-47-,55-53-. The van der Waals surface area contributed by atoms with Crippen LogP contribution in [0.25, 0.3) is 0 Å². The number of carbonyl (C=O) groups excluding carboxylic acids is 1. The minimum absolute atomic E-state index is 0.234. The Hall–Kier alpha value is -4.13.